The van der Waals surface area contributed by atoms with E-state index in [4.69, 9.17) is 5.14 Å². The van der Waals surface area contributed by atoms with E-state index >= 15 is 0 Å². The predicted molar refractivity (Wildman–Crippen MR) is 84.7 cm³/mol. The lowest BCUT2D eigenvalue weighted by molar-refractivity contribution is 0.404. The topological polar surface area (TPSA) is 101 Å². The summed E-state index contributed by atoms with van der Waals surface area (Å²) in [5, 5.41) is 5.11. The second-order valence-corrected chi connectivity index (χ2v) is 8.89. The zero-order chi connectivity index (χ0) is 16.4. The second-order valence-electron chi connectivity index (χ2n) is 5.38. The van der Waals surface area contributed by atoms with Gasteiger partial charge in [0, 0.05) is 26.2 Å². The summed E-state index contributed by atoms with van der Waals surface area (Å²) in [7, 11) is -7.25. The number of nitrogens with zero attached hydrogens (tertiary/aromatic N) is 2. The molecule has 0 bridgehead atoms. The molecule has 0 aliphatic carbocycles. The largest absolute Gasteiger partial charge is 0.276 e. The summed E-state index contributed by atoms with van der Waals surface area (Å²) in [4.78, 5) is 0. The fraction of sp³-hybridized carbons (Fsp3) is 0.538. The summed E-state index contributed by atoms with van der Waals surface area (Å²) in [6.45, 7) is 2.64. The second kappa shape index (κ2) is 6.63. The molecule has 1 aliphatic rings. The Kier molecular flexibility index (Phi) is 5.23. The highest BCUT2D eigenvalue weighted by atomic mass is 32.2. The number of rotatable bonds is 4. The molecule has 7 nitrogen and oxygen atoms in total. The Morgan fingerprint density at radius 2 is 1.59 bits per heavy atom. The van der Waals surface area contributed by atoms with E-state index in [9.17, 15) is 16.8 Å². The van der Waals surface area contributed by atoms with Gasteiger partial charge in [0.2, 0.25) is 10.0 Å². The Morgan fingerprint density at radius 1 is 1.00 bits per heavy atom. The van der Waals surface area contributed by atoms with Crippen LogP contribution in [0.15, 0.2) is 24.3 Å². The van der Waals surface area contributed by atoms with E-state index in [0.29, 0.717) is 13.0 Å². The third kappa shape index (κ3) is 4.26. The molecule has 22 heavy (non-hydrogen) atoms. The van der Waals surface area contributed by atoms with Gasteiger partial charge in [-0.3, -0.25) is 0 Å². The molecule has 1 aliphatic heterocycles. The minimum atomic E-state index is -3.77. The van der Waals surface area contributed by atoms with Gasteiger partial charge in [-0.25, -0.2) is 17.9 Å². The third-order valence-corrected chi connectivity index (χ3v) is 6.68. The van der Waals surface area contributed by atoms with Gasteiger partial charge in [0.25, 0.3) is 10.2 Å². The predicted octanol–water partition coefficient (Wildman–Crippen LogP) is 0.0360. The van der Waals surface area contributed by atoms with Crippen LogP contribution < -0.4 is 5.14 Å². The molecule has 1 fully saturated rings. The van der Waals surface area contributed by atoms with Crippen molar-refractivity contribution in [1.82, 2.24) is 8.61 Å². The molecule has 0 atom stereocenters. The van der Waals surface area contributed by atoms with Gasteiger partial charge in [0.15, 0.2) is 0 Å². The fourth-order valence-electron chi connectivity index (χ4n) is 2.46. The first kappa shape index (κ1) is 17.4. The van der Waals surface area contributed by atoms with E-state index in [2.05, 4.69) is 0 Å². The lowest BCUT2D eigenvalue weighted by Gasteiger charge is -2.21. The van der Waals surface area contributed by atoms with Crippen molar-refractivity contribution < 1.29 is 16.8 Å². The van der Waals surface area contributed by atoms with Gasteiger partial charge in [0.05, 0.1) is 5.75 Å². The van der Waals surface area contributed by atoms with Gasteiger partial charge in [-0.2, -0.15) is 12.7 Å². The molecule has 0 radical (unpaired) electrons. The van der Waals surface area contributed by atoms with Crippen LogP contribution in [0.3, 0.4) is 0 Å². The van der Waals surface area contributed by atoms with Gasteiger partial charge in [-0.1, -0.05) is 24.3 Å². The van der Waals surface area contributed by atoms with E-state index in [0.717, 1.165) is 15.4 Å². The molecule has 124 valence electrons. The van der Waals surface area contributed by atoms with Crippen molar-refractivity contribution in [3.8, 4) is 0 Å². The first-order valence-corrected chi connectivity index (χ1v) is 10.1. The van der Waals surface area contributed by atoms with E-state index < -0.39 is 20.2 Å². The Balaban J connectivity index is 2.12. The lowest BCUT2D eigenvalue weighted by atomic mass is 10.1. The van der Waals surface area contributed by atoms with Crippen molar-refractivity contribution >= 4 is 20.2 Å². The van der Waals surface area contributed by atoms with Crippen LogP contribution in [0.25, 0.3) is 0 Å². The minimum absolute atomic E-state index is 0.0744. The van der Waals surface area contributed by atoms with Crippen LogP contribution >= 0.6 is 0 Å². The smallest absolute Gasteiger partial charge is 0.216 e. The molecular weight excluding hydrogens is 326 g/mol. The number of sulfonamides is 1. The molecule has 1 saturated heterocycles. The molecule has 0 amide bonds. The summed E-state index contributed by atoms with van der Waals surface area (Å²) < 4.78 is 50.3. The first-order valence-electron chi connectivity index (χ1n) is 7.00. The van der Waals surface area contributed by atoms with Crippen LogP contribution in [0, 0.1) is 6.92 Å². The first-order chi connectivity index (χ1) is 10.2. The monoisotopic (exact) mass is 347 g/mol. The lowest BCUT2D eigenvalue weighted by Crippen LogP contribution is -2.40. The van der Waals surface area contributed by atoms with Crippen molar-refractivity contribution in [2.75, 3.05) is 26.2 Å². The molecule has 1 heterocycles. The highest BCUT2D eigenvalue weighted by Crippen LogP contribution is 2.17. The fourth-order valence-corrected chi connectivity index (χ4v) is 4.85. The van der Waals surface area contributed by atoms with E-state index in [-0.39, 0.29) is 25.4 Å². The quantitative estimate of drug-likeness (QED) is 0.830. The maximum atomic E-state index is 12.5. The average molecular weight is 347 g/mol. The highest BCUT2D eigenvalue weighted by molar-refractivity contribution is 7.88. The van der Waals surface area contributed by atoms with Crippen molar-refractivity contribution in [3.05, 3.63) is 35.4 Å². The molecule has 1 aromatic rings. The maximum absolute atomic E-state index is 12.5. The summed E-state index contributed by atoms with van der Waals surface area (Å²) in [5.41, 5.74) is 1.68. The zero-order valence-electron chi connectivity index (χ0n) is 12.5. The Hall–Kier alpha value is -1.00. The minimum Gasteiger partial charge on any atom is -0.216 e. The molecule has 9 heteroatoms. The Labute approximate surface area is 131 Å². The molecule has 2 rings (SSSR count). The number of hydrogen-bond acceptors (Lipinski definition) is 4. The van der Waals surface area contributed by atoms with Gasteiger partial charge >= 0.3 is 0 Å². The molecule has 2 N–H and O–H groups in total. The average Bonchev–Trinajstić information content (AvgIpc) is 2.67. The number of aryl methyl sites for hydroxylation is 1. The number of hydrogen-bond donors (Lipinski definition) is 1. The number of nitrogens with two attached hydrogens (primary N) is 1. The normalized spacial score (nSPS) is 19.0. The van der Waals surface area contributed by atoms with Gasteiger partial charge < -0.3 is 0 Å². The number of benzene rings is 1. The van der Waals surface area contributed by atoms with Crippen LogP contribution in [-0.4, -0.2) is 51.6 Å². The summed E-state index contributed by atoms with van der Waals surface area (Å²) in [5.74, 6) is -0.0744. The molecular formula is C13H21N3O4S2. The van der Waals surface area contributed by atoms with Crippen LogP contribution in [0.2, 0.25) is 0 Å². The van der Waals surface area contributed by atoms with Crippen molar-refractivity contribution in [2.45, 2.75) is 19.1 Å². The maximum Gasteiger partial charge on any atom is 0.276 e. The SMILES string of the molecule is Cc1ccccc1CS(=O)(=O)N1CCCN(S(N)(=O)=O)CC1. The van der Waals surface area contributed by atoms with E-state index in [1.54, 1.807) is 6.07 Å². The Morgan fingerprint density at radius 3 is 2.23 bits per heavy atom. The van der Waals surface area contributed by atoms with E-state index in [1.807, 2.05) is 25.1 Å². The van der Waals surface area contributed by atoms with Crippen LogP contribution in [0.5, 0.6) is 0 Å². The van der Waals surface area contributed by atoms with Crippen molar-refractivity contribution in [3.63, 3.8) is 0 Å². The van der Waals surface area contributed by atoms with Crippen LogP contribution in [-0.2, 0) is 26.0 Å². The van der Waals surface area contributed by atoms with Gasteiger partial charge in [-0.15, -0.1) is 0 Å². The van der Waals surface area contributed by atoms with Crippen molar-refractivity contribution in [1.29, 1.82) is 0 Å². The molecule has 0 aromatic heterocycles. The van der Waals surface area contributed by atoms with Gasteiger partial charge in [0.1, 0.15) is 0 Å². The molecule has 0 saturated carbocycles. The standard InChI is InChI=1S/C13H21N3O4S2/c1-12-5-2-3-6-13(12)11-21(17,18)15-7-4-8-16(10-9-15)22(14,19)20/h2-3,5-6H,4,7-11H2,1H3,(H2,14,19,20). The van der Waals surface area contributed by atoms with Gasteiger partial charge in [-0.05, 0) is 24.5 Å². The summed E-state index contributed by atoms with van der Waals surface area (Å²) >= 11 is 0. The summed E-state index contributed by atoms with van der Waals surface area (Å²) in [6, 6.07) is 7.34. The highest BCUT2D eigenvalue weighted by Gasteiger charge is 2.28. The third-order valence-electron chi connectivity index (χ3n) is 3.77. The van der Waals surface area contributed by atoms with Crippen LogP contribution in [0.1, 0.15) is 17.5 Å². The van der Waals surface area contributed by atoms with Crippen molar-refractivity contribution in [2.24, 2.45) is 5.14 Å². The Bertz CT molecular complexity index is 731. The molecule has 1 aromatic carbocycles. The summed E-state index contributed by atoms with van der Waals surface area (Å²) in [6.07, 6.45) is 0.434. The zero-order valence-corrected chi connectivity index (χ0v) is 14.1. The van der Waals surface area contributed by atoms with E-state index in [1.165, 1.54) is 4.31 Å². The van der Waals surface area contributed by atoms with Crippen LogP contribution in [0.4, 0.5) is 0 Å². The molecule has 0 spiro atoms. The molecule has 0 unspecified atom stereocenters.